The molecule has 0 unspecified atom stereocenters. The molecule has 0 radical (unpaired) electrons. The molecular weight excluding hydrogens is 240 g/mol. The zero-order chi connectivity index (χ0) is 14.0. The van der Waals surface area contributed by atoms with E-state index < -0.39 is 0 Å². The molecule has 1 aliphatic heterocycles. The summed E-state index contributed by atoms with van der Waals surface area (Å²) >= 11 is 0. The van der Waals surface area contributed by atoms with Crippen LogP contribution in [0.25, 0.3) is 0 Å². The van der Waals surface area contributed by atoms with Crippen molar-refractivity contribution in [3.63, 3.8) is 0 Å². The highest BCUT2D eigenvalue weighted by Crippen LogP contribution is 2.27. The van der Waals surface area contributed by atoms with Crippen molar-refractivity contribution in [2.75, 3.05) is 20.2 Å². The van der Waals surface area contributed by atoms with E-state index in [2.05, 4.69) is 31.4 Å². The minimum Gasteiger partial charge on any atom is -0.496 e. The molecule has 0 bridgehead atoms. The Balaban J connectivity index is 2.11. The molecule has 19 heavy (non-hydrogen) atoms. The Kier molecular flexibility index (Phi) is 4.10. The second kappa shape index (κ2) is 5.61. The molecule has 1 fully saturated rings. The summed E-state index contributed by atoms with van der Waals surface area (Å²) < 4.78 is 5.36. The lowest BCUT2D eigenvalue weighted by Gasteiger charge is -2.26. The van der Waals surface area contributed by atoms with Crippen LogP contribution in [0.15, 0.2) is 6.07 Å². The minimum atomic E-state index is 0.139. The van der Waals surface area contributed by atoms with Crippen LogP contribution < -0.4 is 15.4 Å². The maximum Gasteiger partial charge on any atom is 0.225 e. The molecule has 0 aliphatic carbocycles. The van der Waals surface area contributed by atoms with Crippen LogP contribution in [-0.4, -0.2) is 26.1 Å². The number of benzene rings is 1. The lowest BCUT2D eigenvalue weighted by Crippen LogP contribution is -2.50. The molecule has 1 aliphatic rings. The van der Waals surface area contributed by atoms with Crippen molar-refractivity contribution >= 4 is 5.91 Å². The van der Waals surface area contributed by atoms with Gasteiger partial charge in [0.05, 0.1) is 13.0 Å². The predicted molar refractivity (Wildman–Crippen MR) is 75.4 cm³/mol. The Bertz CT molecular complexity index is 493. The van der Waals surface area contributed by atoms with Gasteiger partial charge >= 0.3 is 0 Å². The van der Waals surface area contributed by atoms with E-state index in [-0.39, 0.29) is 11.8 Å². The van der Waals surface area contributed by atoms with Crippen LogP contribution >= 0.6 is 0 Å². The first-order valence-corrected chi connectivity index (χ1v) is 6.66. The molecule has 0 saturated carbocycles. The van der Waals surface area contributed by atoms with Gasteiger partial charge in [-0.2, -0.15) is 0 Å². The van der Waals surface area contributed by atoms with Gasteiger partial charge in [0.2, 0.25) is 5.91 Å². The molecule has 4 nitrogen and oxygen atoms in total. The third-order valence-electron chi connectivity index (χ3n) is 4.02. The van der Waals surface area contributed by atoms with E-state index in [1.54, 1.807) is 7.11 Å². The summed E-state index contributed by atoms with van der Waals surface area (Å²) in [4.78, 5) is 11.9. The largest absolute Gasteiger partial charge is 0.496 e. The Labute approximate surface area is 114 Å². The smallest absolute Gasteiger partial charge is 0.225 e. The molecule has 0 atom stereocenters. The molecule has 0 spiro atoms. The lowest BCUT2D eigenvalue weighted by atomic mass is 9.96. The van der Waals surface area contributed by atoms with Gasteiger partial charge in [0.25, 0.3) is 0 Å². The van der Waals surface area contributed by atoms with E-state index in [0.717, 1.165) is 30.0 Å². The van der Waals surface area contributed by atoms with Crippen LogP contribution in [0.5, 0.6) is 5.75 Å². The van der Waals surface area contributed by atoms with Gasteiger partial charge in [-0.3, -0.25) is 4.79 Å². The van der Waals surface area contributed by atoms with Gasteiger partial charge in [-0.1, -0.05) is 0 Å². The van der Waals surface area contributed by atoms with Gasteiger partial charge in [0.15, 0.2) is 0 Å². The SMILES string of the molecule is COc1cc(C)c(CNC(=O)C2CNC2)c(C)c1C. The second-order valence-electron chi connectivity index (χ2n) is 5.20. The summed E-state index contributed by atoms with van der Waals surface area (Å²) in [7, 11) is 1.69. The van der Waals surface area contributed by atoms with E-state index in [4.69, 9.17) is 4.74 Å². The number of hydrogen-bond donors (Lipinski definition) is 2. The average molecular weight is 262 g/mol. The normalized spacial score (nSPS) is 14.9. The predicted octanol–water partition coefficient (Wildman–Crippen LogP) is 1.46. The molecule has 1 saturated heterocycles. The number of amides is 1. The fraction of sp³-hybridized carbons (Fsp3) is 0.533. The monoisotopic (exact) mass is 262 g/mol. The van der Waals surface area contributed by atoms with Crippen molar-refractivity contribution in [3.05, 3.63) is 28.3 Å². The second-order valence-corrected chi connectivity index (χ2v) is 5.20. The molecule has 4 heteroatoms. The number of hydrogen-bond acceptors (Lipinski definition) is 3. The van der Waals surface area contributed by atoms with Crippen molar-refractivity contribution in [1.82, 2.24) is 10.6 Å². The zero-order valence-electron chi connectivity index (χ0n) is 12.1. The van der Waals surface area contributed by atoms with Gasteiger partial charge in [-0.25, -0.2) is 0 Å². The highest BCUT2D eigenvalue weighted by Gasteiger charge is 2.24. The maximum atomic E-state index is 11.9. The third kappa shape index (κ3) is 2.73. The minimum absolute atomic E-state index is 0.139. The lowest BCUT2D eigenvalue weighted by molar-refractivity contribution is -0.126. The van der Waals surface area contributed by atoms with Crippen molar-refractivity contribution in [3.8, 4) is 5.75 Å². The highest BCUT2D eigenvalue weighted by molar-refractivity contribution is 5.80. The molecule has 0 aromatic heterocycles. The summed E-state index contributed by atoms with van der Waals surface area (Å²) in [6, 6.07) is 2.04. The summed E-state index contributed by atoms with van der Waals surface area (Å²) in [6.45, 7) is 8.38. The summed E-state index contributed by atoms with van der Waals surface area (Å²) in [5.41, 5.74) is 4.69. The van der Waals surface area contributed by atoms with Gasteiger partial charge < -0.3 is 15.4 Å². The average Bonchev–Trinajstić information content (AvgIpc) is 2.31. The zero-order valence-corrected chi connectivity index (χ0v) is 12.1. The number of nitrogens with one attached hydrogen (secondary N) is 2. The van der Waals surface area contributed by atoms with E-state index in [0.29, 0.717) is 6.54 Å². The first-order chi connectivity index (χ1) is 9.04. The van der Waals surface area contributed by atoms with E-state index >= 15 is 0 Å². The van der Waals surface area contributed by atoms with Crippen LogP contribution in [0, 0.1) is 26.7 Å². The summed E-state index contributed by atoms with van der Waals surface area (Å²) in [5.74, 6) is 1.19. The van der Waals surface area contributed by atoms with E-state index in [9.17, 15) is 4.79 Å². The van der Waals surface area contributed by atoms with Crippen LogP contribution in [-0.2, 0) is 11.3 Å². The maximum absolute atomic E-state index is 11.9. The van der Waals surface area contributed by atoms with E-state index in [1.807, 2.05) is 6.07 Å². The van der Waals surface area contributed by atoms with Crippen LogP contribution in [0.1, 0.15) is 22.3 Å². The number of ether oxygens (including phenoxy) is 1. The third-order valence-corrected chi connectivity index (χ3v) is 4.02. The molecule has 1 aromatic carbocycles. The molecule has 1 amide bonds. The van der Waals surface area contributed by atoms with Crippen LogP contribution in [0.2, 0.25) is 0 Å². The van der Waals surface area contributed by atoms with Crippen LogP contribution in [0.3, 0.4) is 0 Å². The molecular formula is C15H22N2O2. The van der Waals surface area contributed by atoms with Crippen molar-refractivity contribution in [1.29, 1.82) is 0 Å². The fourth-order valence-corrected chi connectivity index (χ4v) is 2.38. The Morgan fingerprint density at radius 3 is 2.58 bits per heavy atom. The van der Waals surface area contributed by atoms with Crippen LogP contribution in [0.4, 0.5) is 0 Å². The van der Waals surface area contributed by atoms with E-state index in [1.165, 1.54) is 11.1 Å². The summed E-state index contributed by atoms with van der Waals surface area (Å²) in [5, 5.41) is 6.14. The van der Waals surface area contributed by atoms with Crippen molar-refractivity contribution in [2.45, 2.75) is 27.3 Å². The van der Waals surface area contributed by atoms with Crippen molar-refractivity contribution in [2.24, 2.45) is 5.92 Å². The number of aryl methyl sites for hydroxylation is 1. The molecule has 2 N–H and O–H groups in total. The number of carbonyl (C=O) groups is 1. The Morgan fingerprint density at radius 1 is 1.37 bits per heavy atom. The molecule has 104 valence electrons. The number of methoxy groups -OCH3 is 1. The fourth-order valence-electron chi connectivity index (χ4n) is 2.38. The standard InChI is InChI=1S/C15H22N2O2/c1-9-5-14(19-4)11(3)10(2)13(9)8-17-15(18)12-6-16-7-12/h5,12,16H,6-8H2,1-4H3,(H,17,18). The first-order valence-electron chi connectivity index (χ1n) is 6.66. The quantitative estimate of drug-likeness (QED) is 0.863. The number of carbonyl (C=O) groups excluding carboxylic acids is 1. The molecule has 1 heterocycles. The van der Waals surface area contributed by atoms with Crippen molar-refractivity contribution < 1.29 is 9.53 Å². The number of rotatable bonds is 4. The van der Waals surface area contributed by atoms with Gasteiger partial charge in [-0.15, -0.1) is 0 Å². The molecule has 2 rings (SSSR count). The Hall–Kier alpha value is -1.55. The first kappa shape index (κ1) is 13.9. The Morgan fingerprint density at radius 2 is 2.05 bits per heavy atom. The van der Waals surface area contributed by atoms with Gasteiger partial charge in [0, 0.05) is 19.6 Å². The summed E-state index contributed by atoms with van der Waals surface area (Å²) in [6.07, 6.45) is 0. The highest BCUT2D eigenvalue weighted by atomic mass is 16.5. The molecule has 1 aromatic rings. The topological polar surface area (TPSA) is 50.4 Å². The van der Waals surface area contributed by atoms with Gasteiger partial charge in [0.1, 0.15) is 5.75 Å². The van der Waals surface area contributed by atoms with Gasteiger partial charge in [-0.05, 0) is 49.1 Å².